The Morgan fingerprint density at radius 1 is 0.389 bits per heavy atom. The van der Waals surface area contributed by atoms with E-state index in [1.54, 1.807) is 18.2 Å². The topological polar surface area (TPSA) is 71.1 Å². The van der Waals surface area contributed by atoms with Crippen molar-refractivity contribution in [2.45, 2.75) is 0 Å². The molecule has 4 aromatic carbocycles. The van der Waals surface area contributed by atoms with Gasteiger partial charge in [0, 0.05) is 21.2 Å². The molecule has 0 aliphatic rings. The fourth-order valence-electron chi connectivity index (χ4n) is 3.99. The zero-order valence-electron chi connectivity index (χ0n) is 19.4. The van der Waals surface area contributed by atoms with E-state index in [0.29, 0.717) is 32.9 Å². The van der Waals surface area contributed by atoms with Gasteiger partial charge in [0.2, 0.25) is 14.6 Å². The number of anilines is 2. The molecular weight excluding hydrogens is 484 g/mol. The van der Waals surface area contributed by atoms with Gasteiger partial charge in [-0.2, -0.15) is 0 Å². The van der Waals surface area contributed by atoms with Crippen LogP contribution in [0.2, 0.25) is 0 Å². The van der Waals surface area contributed by atoms with Gasteiger partial charge in [0.15, 0.2) is 0 Å². The van der Waals surface area contributed by atoms with Crippen LogP contribution in [-0.4, -0.2) is 4.98 Å². The Labute approximate surface area is 211 Å². The lowest BCUT2D eigenvalue weighted by molar-refractivity contribution is 0.589. The van der Waals surface area contributed by atoms with Crippen LogP contribution in [0.25, 0.3) is 0 Å². The second-order valence-electron chi connectivity index (χ2n) is 8.19. The number of benzene rings is 4. The van der Waals surface area contributed by atoms with Crippen LogP contribution >= 0.6 is 14.6 Å². The number of rotatable bonds is 8. The summed E-state index contributed by atoms with van der Waals surface area (Å²) in [5.74, 6) is 0.840. The average Bonchev–Trinajstić information content (AvgIpc) is 2.95. The van der Waals surface area contributed by atoms with Gasteiger partial charge in [-0.15, -0.1) is 0 Å². The monoisotopic (exact) mass is 509 g/mol. The Morgan fingerprint density at radius 3 is 0.944 bits per heavy atom. The van der Waals surface area contributed by atoms with Crippen LogP contribution < -0.4 is 31.4 Å². The maximum Gasteiger partial charge on any atom is 0.228 e. The van der Waals surface area contributed by atoms with Gasteiger partial charge in [-0.05, 0) is 60.7 Å². The molecule has 0 aliphatic carbocycles. The molecule has 2 N–H and O–H groups in total. The maximum absolute atomic E-state index is 14.4. The number of hydrogen-bond donors (Lipinski definition) is 2. The van der Waals surface area contributed by atoms with Gasteiger partial charge in [0.1, 0.15) is 11.6 Å². The smallest absolute Gasteiger partial charge is 0.228 e. The molecule has 1 aromatic heterocycles. The molecule has 0 saturated carbocycles. The number of pyridine rings is 1. The van der Waals surface area contributed by atoms with E-state index in [4.69, 9.17) is 0 Å². The molecule has 0 unspecified atom stereocenters. The second-order valence-corrected chi connectivity index (χ2v) is 13.1. The minimum Gasteiger partial charge on any atom is -0.314 e. The summed E-state index contributed by atoms with van der Waals surface area (Å²) in [6.45, 7) is 0. The average molecular weight is 509 g/mol. The lowest BCUT2D eigenvalue weighted by Gasteiger charge is -2.23. The first-order valence-corrected chi connectivity index (χ1v) is 15.0. The number of nitrogens with zero attached hydrogens (tertiary/aromatic N) is 1. The van der Waals surface area contributed by atoms with Crippen LogP contribution in [0.4, 0.5) is 11.6 Å². The molecule has 0 fully saturated rings. The molecule has 7 heteroatoms. The fraction of sp³-hybridized carbons (Fsp3) is 0. The fourth-order valence-corrected chi connectivity index (χ4v) is 8.36. The van der Waals surface area contributed by atoms with Crippen molar-refractivity contribution in [2.24, 2.45) is 0 Å². The predicted octanol–water partition coefficient (Wildman–Crippen LogP) is 5.76. The Bertz CT molecular complexity index is 1330. The number of nitrogens with one attached hydrogen (secondary N) is 2. The molecule has 0 saturated heterocycles. The lowest BCUT2D eigenvalue weighted by Crippen LogP contribution is -2.23. The van der Waals surface area contributed by atoms with Crippen molar-refractivity contribution in [3.05, 3.63) is 140 Å². The first-order chi connectivity index (χ1) is 17.6. The highest BCUT2D eigenvalue weighted by atomic mass is 31.2. The van der Waals surface area contributed by atoms with E-state index in [-0.39, 0.29) is 0 Å². The zero-order valence-corrected chi connectivity index (χ0v) is 21.2. The third-order valence-corrected chi connectivity index (χ3v) is 11.0. The highest BCUT2D eigenvalue weighted by Crippen LogP contribution is 2.45. The van der Waals surface area contributed by atoms with Crippen molar-refractivity contribution in [1.82, 2.24) is 4.98 Å². The van der Waals surface area contributed by atoms with E-state index >= 15 is 0 Å². The normalized spacial score (nSPS) is 11.6. The van der Waals surface area contributed by atoms with Gasteiger partial charge in [0.05, 0.1) is 0 Å². The summed E-state index contributed by atoms with van der Waals surface area (Å²) in [4.78, 5) is 4.68. The van der Waals surface area contributed by atoms with E-state index < -0.39 is 14.6 Å². The number of aromatic nitrogens is 1. The summed E-state index contributed by atoms with van der Waals surface area (Å²) in [5.41, 5.74) is 0. The van der Waals surface area contributed by atoms with Gasteiger partial charge < -0.3 is 10.2 Å². The molecule has 5 aromatic rings. The largest absolute Gasteiger partial charge is 0.314 e. The van der Waals surface area contributed by atoms with Crippen LogP contribution in [0, 0.1) is 0 Å². The van der Waals surface area contributed by atoms with E-state index in [1.807, 2.05) is 121 Å². The van der Waals surface area contributed by atoms with E-state index in [1.165, 1.54) is 0 Å². The standard InChI is InChI=1S/C29H25N3O2P2/c33-35(24-14-5-1-6-15-24,25-16-7-2-8-17-25)31-28-22-13-23-29(30-28)32-36(34,26-18-9-3-10-19-26)27-20-11-4-12-21-27/h1-23H,(H2,30,31,32,33,34). The molecular formula is C29H25N3O2P2. The van der Waals surface area contributed by atoms with Crippen LogP contribution in [0.1, 0.15) is 0 Å². The van der Waals surface area contributed by atoms with Crippen LogP contribution in [0.3, 0.4) is 0 Å². The summed E-state index contributed by atoms with van der Waals surface area (Å²) < 4.78 is 28.8. The zero-order chi connectivity index (χ0) is 24.8. The van der Waals surface area contributed by atoms with E-state index in [2.05, 4.69) is 15.2 Å². The molecule has 0 aliphatic heterocycles. The molecule has 0 atom stereocenters. The molecule has 1 heterocycles. The van der Waals surface area contributed by atoms with Gasteiger partial charge in [0.25, 0.3) is 0 Å². The highest BCUT2D eigenvalue weighted by Gasteiger charge is 2.29. The summed E-state index contributed by atoms with van der Waals surface area (Å²) >= 11 is 0. The minimum absolute atomic E-state index is 0.420. The van der Waals surface area contributed by atoms with Gasteiger partial charge in [-0.1, -0.05) is 78.9 Å². The van der Waals surface area contributed by atoms with Crippen LogP contribution in [-0.2, 0) is 9.13 Å². The molecule has 0 bridgehead atoms. The number of hydrogen-bond acceptors (Lipinski definition) is 3. The third kappa shape index (κ3) is 4.90. The van der Waals surface area contributed by atoms with Crippen LogP contribution in [0.15, 0.2) is 140 Å². The van der Waals surface area contributed by atoms with Crippen LogP contribution in [0.5, 0.6) is 0 Å². The van der Waals surface area contributed by atoms with E-state index in [0.717, 1.165) is 0 Å². The SMILES string of the molecule is O=P(Nc1cccc(NP(=O)(c2ccccc2)c2ccccc2)n1)(c1ccccc1)c1ccccc1. The highest BCUT2D eigenvalue weighted by molar-refractivity contribution is 7.80. The Hall–Kier alpha value is -3.91. The molecule has 0 radical (unpaired) electrons. The summed E-state index contributed by atoms with van der Waals surface area (Å²) in [5, 5.41) is 9.12. The Balaban J connectivity index is 1.53. The third-order valence-electron chi connectivity index (χ3n) is 5.77. The molecule has 178 valence electrons. The van der Waals surface area contributed by atoms with Crippen molar-refractivity contribution >= 4 is 47.4 Å². The van der Waals surface area contributed by atoms with Crippen molar-refractivity contribution in [1.29, 1.82) is 0 Å². The minimum atomic E-state index is -3.24. The summed E-state index contributed by atoms with van der Waals surface area (Å²) in [6.07, 6.45) is 0. The Morgan fingerprint density at radius 2 is 0.667 bits per heavy atom. The predicted molar refractivity (Wildman–Crippen MR) is 151 cm³/mol. The quantitative estimate of drug-likeness (QED) is 0.260. The second kappa shape index (κ2) is 10.4. The van der Waals surface area contributed by atoms with Gasteiger partial charge >= 0.3 is 0 Å². The van der Waals surface area contributed by atoms with Crippen molar-refractivity contribution in [3.8, 4) is 0 Å². The van der Waals surface area contributed by atoms with E-state index in [9.17, 15) is 9.13 Å². The first-order valence-electron chi connectivity index (χ1n) is 11.5. The first kappa shape index (κ1) is 23.8. The molecule has 5 nitrogen and oxygen atoms in total. The van der Waals surface area contributed by atoms with Crippen molar-refractivity contribution in [3.63, 3.8) is 0 Å². The van der Waals surface area contributed by atoms with Crippen molar-refractivity contribution in [2.75, 3.05) is 10.2 Å². The molecule has 0 amide bonds. The van der Waals surface area contributed by atoms with Gasteiger partial charge in [-0.25, -0.2) is 4.98 Å². The van der Waals surface area contributed by atoms with Gasteiger partial charge in [-0.3, -0.25) is 9.13 Å². The molecule has 36 heavy (non-hydrogen) atoms. The summed E-state index contributed by atoms with van der Waals surface area (Å²) in [6, 6.07) is 42.7. The lowest BCUT2D eigenvalue weighted by atomic mass is 10.4. The molecule has 0 spiro atoms. The van der Waals surface area contributed by atoms with Crippen molar-refractivity contribution < 1.29 is 9.13 Å². The maximum atomic E-state index is 14.4. The molecule has 5 rings (SSSR count). The Kier molecular flexibility index (Phi) is 6.86. The summed E-state index contributed by atoms with van der Waals surface area (Å²) in [7, 11) is -6.48.